The van der Waals surface area contributed by atoms with Gasteiger partial charge in [0, 0.05) is 24.2 Å². The summed E-state index contributed by atoms with van der Waals surface area (Å²) in [6, 6.07) is 0.123. The lowest BCUT2D eigenvalue weighted by molar-refractivity contribution is 0.166. The van der Waals surface area contributed by atoms with Gasteiger partial charge in [-0.2, -0.15) is 0 Å². The SMILES string of the molecule is CCc1cnc(C(C)N2CCCNC2=O)s1. The van der Waals surface area contributed by atoms with Gasteiger partial charge in [0.2, 0.25) is 0 Å². The van der Waals surface area contributed by atoms with E-state index in [-0.39, 0.29) is 12.1 Å². The lowest BCUT2D eigenvalue weighted by Gasteiger charge is -2.31. The Morgan fingerprint density at radius 2 is 2.50 bits per heavy atom. The molecule has 1 atom stereocenters. The molecule has 0 aromatic carbocycles. The van der Waals surface area contributed by atoms with E-state index in [2.05, 4.69) is 17.2 Å². The fraction of sp³-hybridized carbons (Fsp3) is 0.636. The molecule has 0 bridgehead atoms. The Balaban J connectivity index is 2.10. The summed E-state index contributed by atoms with van der Waals surface area (Å²) in [5, 5.41) is 3.90. The van der Waals surface area contributed by atoms with E-state index < -0.39 is 0 Å². The van der Waals surface area contributed by atoms with Crippen molar-refractivity contribution in [3.63, 3.8) is 0 Å². The molecule has 1 aliphatic rings. The van der Waals surface area contributed by atoms with Gasteiger partial charge in [0.1, 0.15) is 5.01 Å². The molecule has 1 aliphatic heterocycles. The van der Waals surface area contributed by atoms with Crippen LogP contribution < -0.4 is 5.32 Å². The summed E-state index contributed by atoms with van der Waals surface area (Å²) < 4.78 is 0. The van der Waals surface area contributed by atoms with Crippen molar-refractivity contribution in [2.24, 2.45) is 0 Å². The highest BCUT2D eigenvalue weighted by atomic mass is 32.1. The first kappa shape index (κ1) is 11.4. The second kappa shape index (κ2) is 4.82. The Labute approximate surface area is 99.7 Å². The molecule has 88 valence electrons. The molecule has 1 fully saturated rings. The van der Waals surface area contributed by atoms with Crippen molar-refractivity contribution in [3.8, 4) is 0 Å². The topological polar surface area (TPSA) is 45.2 Å². The summed E-state index contributed by atoms with van der Waals surface area (Å²) in [4.78, 5) is 19.2. The summed E-state index contributed by atoms with van der Waals surface area (Å²) in [6.07, 6.45) is 3.94. The zero-order valence-electron chi connectivity index (χ0n) is 9.69. The number of hydrogen-bond donors (Lipinski definition) is 1. The molecule has 5 heteroatoms. The van der Waals surface area contributed by atoms with E-state index in [9.17, 15) is 4.79 Å². The molecule has 0 saturated carbocycles. The number of aromatic nitrogens is 1. The zero-order chi connectivity index (χ0) is 11.5. The standard InChI is InChI=1S/C11H17N3OS/c1-3-9-7-13-10(16-9)8(2)14-6-4-5-12-11(14)15/h7-8H,3-6H2,1-2H3,(H,12,15). The van der Waals surface area contributed by atoms with Crippen molar-refractivity contribution in [1.82, 2.24) is 15.2 Å². The van der Waals surface area contributed by atoms with Gasteiger partial charge in [-0.05, 0) is 19.8 Å². The van der Waals surface area contributed by atoms with Crippen LogP contribution in [0.1, 0.15) is 36.2 Å². The molecule has 0 radical (unpaired) electrons. The third-order valence-corrected chi connectivity index (χ3v) is 4.17. The smallest absolute Gasteiger partial charge is 0.317 e. The number of nitrogens with one attached hydrogen (secondary N) is 1. The Bertz CT molecular complexity index is 377. The maximum absolute atomic E-state index is 11.7. The van der Waals surface area contributed by atoms with Crippen LogP contribution in [0.3, 0.4) is 0 Å². The first-order valence-electron chi connectivity index (χ1n) is 5.71. The van der Waals surface area contributed by atoms with Gasteiger partial charge < -0.3 is 10.2 Å². The van der Waals surface area contributed by atoms with Gasteiger partial charge in [-0.25, -0.2) is 9.78 Å². The summed E-state index contributed by atoms with van der Waals surface area (Å²) in [5.41, 5.74) is 0. The fourth-order valence-corrected chi connectivity index (χ4v) is 2.75. The predicted octanol–water partition coefficient (Wildman–Crippen LogP) is 2.18. The number of carbonyl (C=O) groups excluding carboxylic acids is 1. The minimum Gasteiger partial charge on any atom is -0.338 e. The van der Waals surface area contributed by atoms with Crippen molar-refractivity contribution in [1.29, 1.82) is 0 Å². The lowest BCUT2D eigenvalue weighted by atomic mass is 10.2. The number of rotatable bonds is 3. The molecule has 4 nitrogen and oxygen atoms in total. The molecule has 0 spiro atoms. The molecular formula is C11H17N3OS. The molecule has 2 rings (SSSR count). The summed E-state index contributed by atoms with van der Waals surface area (Å²) in [7, 11) is 0. The Kier molecular flexibility index (Phi) is 3.43. The number of carbonyl (C=O) groups is 1. The quantitative estimate of drug-likeness (QED) is 0.878. The molecule has 1 aromatic rings. The number of thiazole rings is 1. The molecule has 2 heterocycles. The second-order valence-corrected chi connectivity index (χ2v) is 5.12. The van der Waals surface area contributed by atoms with E-state index in [0.717, 1.165) is 30.9 Å². The van der Waals surface area contributed by atoms with Gasteiger partial charge in [-0.3, -0.25) is 0 Å². The van der Waals surface area contributed by atoms with Gasteiger partial charge in [0.15, 0.2) is 0 Å². The van der Waals surface area contributed by atoms with E-state index in [1.165, 1.54) is 4.88 Å². The third-order valence-electron chi connectivity index (χ3n) is 2.86. The normalized spacial score (nSPS) is 18.4. The van der Waals surface area contributed by atoms with E-state index in [1.54, 1.807) is 11.3 Å². The van der Waals surface area contributed by atoms with Gasteiger partial charge in [-0.15, -0.1) is 11.3 Å². The summed E-state index contributed by atoms with van der Waals surface area (Å²) in [5.74, 6) is 0. The van der Waals surface area contributed by atoms with Crippen LogP contribution in [-0.2, 0) is 6.42 Å². The summed E-state index contributed by atoms with van der Waals surface area (Å²) >= 11 is 1.70. The first-order chi connectivity index (χ1) is 7.72. The molecule has 16 heavy (non-hydrogen) atoms. The lowest BCUT2D eigenvalue weighted by Crippen LogP contribution is -2.47. The molecule has 1 N–H and O–H groups in total. The van der Waals surface area contributed by atoms with E-state index in [0.29, 0.717) is 0 Å². The minimum atomic E-state index is 0.0343. The van der Waals surface area contributed by atoms with Crippen LogP contribution >= 0.6 is 11.3 Å². The zero-order valence-corrected chi connectivity index (χ0v) is 10.5. The monoisotopic (exact) mass is 239 g/mol. The Morgan fingerprint density at radius 1 is 1.69 bits per heavy atom. The van der Waals surface area contributed by atoms with Crippen LogP contribution in [0.15, 0.2) is 6.20 Å². The van der Waals surface area contributed by atoms with Crippen molar-refractivity contribution >= 4 is 17.4 Å². The number of hydrogen-bond acceptors (Lipinski definition) is 3. The number of amides is 2. The summed E-state index contributed by atoms with van der Waals surface area (Å²) in [6.45, 7) is 5.78. The van der Waals surface area contributed by atoms with Crippen LogP contribution in [0.4, 0.5) is 4.79 Å². The fourth-order valence-electron chi connectivity index (χ4n) is 1.83. The van der Waals surface area contributed by atoms with Crippen LogP contribution in [0.5, 0.6) is 0 Å². The van der Waals surface area contributed by atoms with Crippen molar-refractivity contribution in [2.75, 3.05) is 13.1 Å². The highest BCUT2D eigenvalue weighted by Crippen LogP contribution is 2.26. The Morgan fingerprint density at radius 3 is 3.12 bits per heavy atom. The van der Waals surface area contributed by atoms with Gasteiger partial charge in [0.05, 0.1) is 6.04 Å². The highest BCUT2D eigenvalue weighted by molar-refractivity contribution is 7.11. The van der Waals surface area contributed by atoms with Crippen LogP contribution in [0.25, 0.3) is 0 Å². The molecule has 2 amide bonds. The van der Waals surface area contributed by atoms with E-state index in [1.807, 2.05) is 18.0 Å². The third kappa shape index (κ3) is 2.19. The largest absolute Gasteiger partial charge is 0.338 e. The minimum absolute atomic E-state index is 0.0343. The van der Waals surface area contributed by atoms with Crippen molar-refractivity contribution in [3.05, 3.63) is 16.1 Å². The van der Waals surface area contributed by atoms with Gasteiger partial charge in [-0.1, -0.05) is 6.92 Å². The highest BCUT2D eigenvalue weighted by Gasteiger charge is 2.25. The maximum Gasteiger partial charge on any atom is 0.317 e. The molecule has 1 unspecified atom stereocenters. The first-order valence-corrected chi connectivity index (χ1v) is 6.53. The predicted molar refractivity (Wildman–Crippen MR) is 64.6 cm³/mol. The average Bonchev–Trinajstić information content (AvgIpc) is 2.77. The number of nitrogens with zero attached hydrogens (tertiary/aromatic N) is 2. The second-order valence-electron chi connectivity index (χ2n) is 3.97. The average molecular weight is 239 g/mol. The van der Waals surface area contributed by atoms with Crippen LogP contribution in [0, 0.1) is 0 Å². The molecule has 1 saturated heterocycles. The van der Waals surface area contributed by atoms with Gasteiger partial charge >= 0.3 is 6.03 Å². The van der Waals surface area contributed by atoms with Crippen LogP contribution in [0.2, 0.25) is 0 Å². The van der Waals surface area contributed by atoms with Crippen molar-refractivity contribution in [2.45, 2.75) is 32.7 Å². The van der Waals surface area contributed by atoms with Gasteiger partial charge in [0.25, 0.3) is 0 Å². The van der Waals surface area contributed by atoms with E-state index in [4.69, 9.17) is 0 Å². The van der Waals surface area contributed by atoms with Crippen molar-refractivity contribution < 1.29 is 4.79 Å². The molecule has 1 aromatic heterocycles. The molecular weight excluding hydrogens is 222 g/mol. The Hall–Kier alpha value is -1.10. The maximum atomic E-state index is 11.7. The molecule has 0 aliphatic carbocycles. The van der Waals surface area contributed by atoms with E-state index >= 15 is 0 Å². The number of urea groups is 1. The number of aryl methyl sites for hydroxylation is 1. The van der Waals surface area contributed by atoms with Crippen LogP contribution in [-0.4, -0.2) is 29.0 Å².